The Bertz CT molecular complexity index is 262. The molecule has 0 atom stereocenters. The number of carbonyl (C=O) groups excluding carboxylic acids is 1. The molecule has 0 unspecified atom stereocenters. The number of hydrogen-bond acceptors (Lipinski definition) is 2. The third-order valence-corrected chi connectivity index (χ3v) is 4.32. The molecule has 0 saturated heterocycles. The zero-order chi connectivity index (χ0) is 13.1. The van der Waals surface area contributed by atoms with Crippen molar-refractivity contribution in [1.29, 1.82) is 0 Å². The molecule has 0 spiro atoms. The quantitative estimate of drug-likeness (QED) is 0.688. The van der Waals surface area contributed by atoms with Gasteiger partial charge in [0.1, 0.15) is 0 Å². The molecule has 0 aromatic heterocycles. The molecule has 0 aromatic carbocycles. The van der Waals surface area contributed by atoms with Gasteiger partial charge in [0, 0.05) is 26.0 Å². The first-order valence-electron chi connectivity index (χ1n) is 6.35. The molecular weight excluding hydrogens is 238 g/mol. The van der Waals surface area contributed by atoms with Crippen LogP contribution in [0.25, 0.3) is 0 Å². The van der Waals surface area contributed by atoms with Gasteiger partial charge in [-0.1, -0.05) is 0 Å². The van der Waals surface area contributed by atoms with Gasteiger partial charge in [0.25, 0.3) is 0 Å². The Morgan fingerprint density at radius 2 is 2.06 bits per heavy atom. The number of carbonyl (C=O) groups is 1. The predicted octanol–water partition coefficient (Wildman–Crippen LogP) is 2.67. The van der Waals surface area contributed by atoms with Crippen LogP contribution in [0.15, 0.2) is 0 Å². The summed E-state index contributed by atoms with van der Waals surface area (Å²) in [5, 5.41) is 0. The van der Waals surface area contributed by atoms with E-state index >= 15 is 0 Å². The lowest BCUT2D eigenvalue weighted by atomic mass is 9.79. The Morgan fingerprint density at radius 3 is 2.53 bits per heavy atom. The van der Waals surface area contributed by atoms with Crippen LogP contribution in [0.5, 0.6) is 0 Å². The molecule has 4 heteroatoms. The average molecular weight is 262 g/mol. The molecular formula is C13H24ClNO2. The maximum absolute atomic E-state index is 12.0. The van der Waals surface area contributed by atoms with Gasteiger partial charge >= 0.3 is 0 Å². The molecule has 1 aliphatic carbocycles. The second-order valence-corrected chi connectivity index (χ2v) is 5.78. The normalized spacial score (nSPS) is 24.3. The van der Waals surface area contributed by atoms with E-state index in [2.05, 4.69) is 0 Å². The fourth-order valence-corrected chi connectivity index (χ4v) is 2.20. The lowest BCUT2D eigenvalue weighted by molar-refractivity contribution is -0.137. The zero-order valence-corrected chi connectivity index (χ0v) is 12.1. The van der Waals surface area contributed by atoms with Crippen molar-refractivity contribution in [3.8, 4) is 0 Å². The van der Waals surface area contributed by atoms with Gasteiger partial charge in [-0.2, -0.15) is 0 Å². The van der Waals surface area contributed by atoms with Gasteiger partial charge < -0.3 is 9.64 Å². The van der Waals surface area contributed by atoms with Gasteiger partial charge in [0.2, 0.25) is 5.91 Å². The topological polar surface area (TPSA) is 29.5 Å². The summed E-state index contributed by atoms with van der Waals surface area (Å²) in [4.78, 5) is 13.8. The Balaban J connectivity index is 2.31. The first-order valence-corrected chi connectivity index (χ1v) is 6.88. The molecule has 0 aromatic rings. The number of hydrogen-bond donors (Lipinski definition) is 0. The Kier molecular flexibility index (Phi) is 5.26. The van der Waals surface area contributed by atoms with Gasteiger partial charge in [-0.15, -0.1) is 11.6 Å². The third kappa shape index (κ3) is 3.85. The maximum Gasteiger partial charge on any atom is 0.223 e. The summed E-state index contributed by atoms with van der Waals surface area (Å²) < 4.78 is 5.49. The van der Waals surface area contributed by atoms with Gasteiger partial charge in [-0.05, 0) is 39.5 Å². The number of ether oxygens (including phenoxy) is 1. The van der Waals surface area contributed by atoms with Crippen LogP contribution in [-0.4, -0.2) is 42.0 Å². The summed E-state index contributed by atoms with van der Waals surface area (Å²) in [5.74, 6) is 1.14. The monoisotopic (exact) mass is 261 g/mol. The second-order valence-electron chi connectivity index (χ2n) is 5.52. The summed E-state index contributed by atoms with van der Waals surface area (Å²) >= 11 is 5.87. The largest absolute Gasteiger partial charge is 0.378 e. The fraction of sp³-hybridized carbons (Fsp3) is 0.923. The Morgan fingerprint density at radius 1 is 1.47 bits per heavy atom. The highest BCUT2D eigenvalue weighted by Gasteiger charge is 2.34. The SMILES string of the molecule is CCOC1CC(CC(=O)N(C)C(C)(C)CCl)C1. The van der Waals surface area contributed by atoms with Crippen molar-refractivity contribution >= 4 is 17.5 Å². The molecule has 100 valence electrons. The van der Waals surface area contributed by atoms with Gasteiger partial charge in [0.15, 0.2) is 0 Å². The van der Waals surface area contributed by atoms with Crippen molar-refractivity contribution < 1.29 is 9.53 Å². The minimum absolute atomic E-state index is 0.190. The van der Waals surface area contributed by atoms with E-state index in [4.69, 9.17) is 16.3 Å². The molecule has 1 rings (SSSR count). The minimum atomic E-state index is -0.262. The number of rotatable bonds is 6. The van der Waals surface area contributed by atoms with Gasteiger partial charge in [-0.3, -0.25) is 4.79 Å². The highest BCUT2D eigenvalue weighted by atomic mass is 35.5. The third-order valence-electron chi connectivity index (χ3n) is 3.67. The summed E-state index contributed by atoms with van der Waals surface area (Å²) in [6, 6.07) is 0. The Labute approximate surface area is 109 Å². The van der Waals surface area contributed by atoms with E-state index in [-0.39, 0.29) is 11.4 Å². The van der Waals surface area contributed by atoms with Crippen molar-refractivity contribution in [2.24, 2.45) is 5.92 Å². The van der Waals surface area contributed by atoms with Crippen LogP contribution < -0.4 is 0 Å². The van der Waals surface area contributed by atoms with E-state index in [9.17, 15) is 4.79 Å². The van der Waals surface area contributed by atoms with Gasteiger partial charge in [-0.25, -0.2) is 0 Å². The maximum atomic E-state index is 12.0. The highest BCUT2D eigenvalue weighted by Crippen LogP contribution is 2.33. The van der Waals surface area contributed by atoms with Crippen LogP contribution in [0.1, 0.15) is 40.0 Å². The van der Waals surface area contributed by atoms with Crippen LogP contribution in [0.3, 0.4) is 0 Å². The van der Waals surface area contributed by atoms with E-state index in [1.807, 2.05) is 27.8 Å². The molecule has 0 N–H and O–H groups in total. The van der Waals surface area contributed by atoms with E-state index in [1.165, 1.54) is 0 Å². The molecule has 1 fully saturated rings. The van der Waals surface area contributed by atoms with E-state index in [0.717, 1.165) is 19.4 Å². The standard InChI is InChI=1S/C13H24ClNO2/c1-5-17-11-6-10(7-11)8-12(16)15(4)13(2,3)9-14/h10-11H,5-9H2,1-4H3. The van der Waals surface area contributed by atoms with Gasteiger partial charge in [0.05, 0.1) is 11.6 Å². The number of nitrogens with zero attached hydrogens (tertiary/aromatic N) is 1. The van der Waals surface area contributed by atoms with Crippen LogP contribution >= 0.6 is 11.6 Å². The molecule has 1 saturated carbocycles. The summed E-state index contributed by atoms with van der Waals surface area (Å²) in [7, 11) is 1.84. The van der Waals surface area contributed by atoms with Crippen molar-refractivity contribution in [2.75, 3.05) is 19.5 Å². The summed E-state index contributed by atoms with van der Waals surface area (Å²) in [5.41, 5.74) is -0.262. The van der Waals surface area contributed by atoms with E-state index in [1.54, 1.807) is 4.90 Å². The average Bonchev–Trinajstić information content (AvgIpc) is 2.25. The van der Waals surface area contributed by atoms with Crippen LogP contribution in [-0.2, 0) is 9.53 Å². The molecule has 0 aliphatic heterocycles. The van der Waals surface area contributed by atoms with Crippen molar-refractivity contribution in [2.45, 2.75) is 51.7 Å². The molecule has 0 bridgehead atoms. The predicted molar refractivity (Wildman–Crippen MR) is 70.3 cm³/mol. The molecule has 17 heavy (non-hydrogen) atoms. The molecule has 0 heterocycles. The second kappa shape index (κ2) is 6.05. The number of halogens is 1. The van der Waals surface area contributed by atoms with E-state index in [0.29, 0.717) is 24.3 Å². The zero-order valence-electron chi connectivity index (χ0n) is 11.3. The first-order chi connectivity index (χ1) is 7.90. The summed E-state index contributed by atoms with van der Waals surface area (Å²) in [6.07, 6.45) is 3.05. The first kappa shape index (κ1) is 14.8. The van der Waals surface area contributed by atoms with Crippen LogP contribution in [0.2, 0.25) is 0 Å². The fourth-order valence-electron chi connectivity index (χ4n) is 2.02. The molecule has 0 radical (unpaired) electrons. The van der Waals surface area contributed by atoms with Crippen LogP contribution in [0.4, 0.5) is 0 Å². The Hall–Kier alpha value is -0.280. The molecule has 3 nitrogen and oxygen atoms in total. The highest BCUT2D eigenvalue weighted by molar-refractivity contribution is 6.18. The van der Waals surface area contributed by atoms with Crippen LogP contribution in [0, 0.1) is 5.92 Å². The lowest BCUT2D eigenvalue weighted by Gasteiger charge is -2.38. The van der Waals surface area contributed by atoms with Crippen molar-refractivity contribution in [3.63, 3.8) is 0 Å². The molecule has 1 aliphatic rings. The molecule has 1 amide bonds. The number of amides is 1. The minimum Gasteiger partial charge on any atom is -0.378 e. The summed E-state index contributed by atoms with van der Waals surface area (Å²) in [6.45, 7) is 6.75. The van der Waals surface area contributed by atoms with Crippen molar-refractivity contribution in [1.82, 2.24) is 4.90 Å². The smallest absolute Gasteiger partial charge is 0.223 e. The number of alkyl halides is 1. The lowest BCUT2D eigenvalue weighted by Crippen LogP contribution is -2.47. The van der Waals surface area contributed by atoms with E-state index < -0.39 is 0 Å². The van der Waals surface area contributed by atoms with Crippen molar-refractivity contribution in [3.05, 3.63) is 0 Å².